The molecule has 0 spiro atoms. The van der Waals surface area contributed by atoms with Crippen LogP contribution in [0.1, 0.15) is 68.9 Å². The molecule has 1 aromatic carbocycles. The molecule has 0 unspecified atom stereocenters. The van der Waals surface area contributed by atoms with Crippen molar-refractivity contribution in [2.24, 2.45) is 5.92 Å². The van der Waals surface area contributed by atoms with Crippen molar-refractivity contribution in [1.29, 1.82) is 0 Å². The van der Waals surface area contributed by atoms with E-state index in [4.69, 9.17) is 4.74 Å². The van der Waals surface area contributed by atoms with Gasteiger partial charge in [0.1, 0.15) is 6.61 Å². The first-order valence-corrected chi connectivity index (χ1v) is 15.7. The number of amides is 2. The summed E-state index contributed by atoms with van der Waals surface area (Å²) in [6, 6.07) is 7.50. The predicted molar refractivity (Wildman–Crippen MR) is 150 cm³/mol. The fourth-order valence-corrected chi connectivity index (χ4v) is 6.02. The van der Waals surface area contributed by atoms with Crippen LogP contribution < -0.4 is 14.8 Å². The molecule has 9 nitrogen and oxygen atoms in total. The highest BCUT2D eigenvalue weighted by molar-refractivity contribution is 7.91. The SMILES string of the molecule is Cc1cccc(C)c1-c1cc(OC[C@@H](CC2CCCCC2)NC(=O)N2CCCCC2)nc(NS(C)(=O)=O)n1. The van der Waals surface area contributed by atoms with Gasteiger partial charge in [0.2, 0.25) is 21.9 Å². The minimum absolute atomic E-state index is 0.0348. The lowest BCUT2D eigenvalue weighted by molar-refractivity contribution is 0.166. The Kier molecular flexibility index (Phi) is 9.46. The number of hydrogen-bond acceptors (Lipinski definition) is 6. The largest absolute Gasteiger partial charge is 0.475 e. The Hall–Kier alpha value is -2.88. The van der Waals surface area contributed by atoms with E-state index in [1.54, 1.807) is 6.07 Å². The molecule has 2 aliphatic rings. The zero-order valence-electron chi connectivity index (χ0n) is 22.8. The number of nitrogens with zero attached hydrogens (tertiary/aromatic N) is 3. The minimum Gasteiger partial charge on any atom is -0.475 e. The number of aromatic nitrogens is 2. The maximum absolute atomic E-state index is 13.0. The van der Waals surface area contributed by atoms with Crippen LogP contribution in [0, 0.1) is 19.8 Å². The number of likely N-dealkylation sites (tertiary alicyclic amines) is 1. The van der Waals surface area contributed by atoms with E-state index in [0.29, 0.717) is 11.6 Å². The third-order valence-electron chi connectivity index (χ3n) is 7.46. The molecular weight excluding hydrogens is 502 g/mol. The number of ether oxygens (including phenoxy) is 1. The third kappa shape index (κ3) is 8.06. The smallest absolute Gasteiger partial charge is 0.317 e. The summed E-state index contributed by atoms with van der Waals surface area (Å²) in [6.45, 7) is 5.80. The molecule has 1 aliphatic carbocycles. The molecule has 1 saturated heterocycles. The van der Waals surface area contributed by atoms with Crippen molar-refractivity contribution in [3.05, 3.63) is 35.4 Å². The third-order valence-corrected chi connectivity index (χ3v) is 8.02. The fourth-order valence-electron chi connectivity index (χ4n) is 5.60. The van der Waals surface area contributed by atoms with Crippen molar-refractivity contribution in [2.75, 3.05) is 30.7 Å². The van der Waals surface area contributed by atoms with Gasteiger partial charge in [0.05, 0.1) is 18.0 Å². The van der Waals surface area contributed by atoms with E-state index in [1.807, 2.05) is 36.9 Å². The van der Waals surface area contributed by atoms with Crippen molar-refractivity contribution >= 4 is 22.0 Å². The van der Waals surface area contributed by atoms with Crippen molar-refractivity contribution in [1.82, 2.24) is 20.2 Å². The van der Waals surface area contributed by atoms with Crippen LogP contribution >= 0.6 is 0 Å². The number of urea groups is 1. The highest BCUT2D eigenvalue weighted by atomic mass is 32.2. The lowest BCUT2D eigenvalue weighted by Crippen LogP contribution is -2.49. The van der Waals surface area contributed by atoms with Gasteiger partial charge in [-0.2, -0.15) is 4.98 Å². The maximum atomic E-state index is 13.0. The summed E-state index contributed by atoms with van der Waals surface area (Å²) in [7, 11) is -3.59. The predicted octanol–water partition coefficient (Wildman–Crippen LogP) is 5.05. The molecule has 2 heterocycles. The van der Waals surface area contributed by atoms with E-state index in [9.17, 15) is 13.2 Å². The Labute approximate surface area is 226 Å². The average molecular weight is 544 g/mol. The number of rotatable bonds is 9. The molecule has 0 radical (unpaired) electrons. The van der Waals surface area contributed by atoms with Gasteiger partial charge in [0.15, 0.2) is 0 Å². The number of aryl methyl sites for hydroxylation is 2. The number of nitrogens with one attached hydrogen (secondary N) is 2. The van der Waals surface area contributed by atoms with Crippen LogP contribution in [0.5, 0.6) is 5.88 Å². The summed E-state index contributed by atoms with van der Waals surface area (Å²) < 4.78 is 32.5. The zero-order valence-corrected chi connectivity index (χ0v) is 23.6. The molecule has 1 aliphatic heterocycles. The molecule has 10 heteroatoms. The lowest BCUT2D eigenvalue weighted by Gasteiger charge is -2.31. The summed E-state index contributed by atoms with van der Waals surface area (Å²) in [5.74, 6) is 0.783. The zero-order chi connectivity index (χ0) is 27.1. The van der Waals surface area contributed by atoms with Gasteiger partial charge in [-0.15, -0.1) is 0 Å². The monoisotopic (exact) mass is 543 g/mol. The molecule has 4 rings (SSSR count). The molecule has 38 heavy (non-hydrogen) atoms. The standard InChI is InChI=1S/C28H41N5O4S/c1-20-11-10-12-21(2)26(20)24-18-25(31-27(30-24)32-38(3,35)36)37-19-23(17-22-13-6-4-7-14-22)29-28(34)33-15-8-5-9-16-33/h10-12,18,22-23H,4-9,13-17,19H2,1-3H3,(H,29,34)(H,30,31,32)/t23-/m1/s1. The maximum Gasteiger partial charge on any atom is 0.317 e. The van der Waals surface area contributed by atoms with E-state index in [2.05, 4.69) is 20.0 Å². The highest BCUT2D eigenvalue weighted by Gasteiger charge is 2.25. The van der Waals surface area contributed by atoms with Crippen molar-refractivity contribution < 1.29 is 17.9 Å². The van der Waals surface area contributed by atoms with Crippen LogP contribution in [0.25, 0.3) is 11.3 Å². The van der Waals surface area contributed by atoms with Crippen LogP contribution in [0.2, 0.25) is 0 Å². The van der Waals surface area contributed by atoms with Gasteiger partial charge in [0.25, 0.3) is 0 Å². The number of benzene rings is 1. The van der Waals surface area contributed by atoms with Gasteiger partial charge in [-0.05, 0) is 56.6 Å². The lowest BCUT2D eigenvalue weighted by atomic mass is 9.85. The summed E-state index contributed by atoms with van der Waals surface area (Å²) in [6.07, 6.45) is 11.2. The summed E-state index contributed by atoms with van der Waals surface area (Å²) in [4.78, 5) is 23.8. The van der Waals surface area contributed by atoms with Crippen LogP contribution in [-0.4, -0.2) is 61.3 Å². The molecule has 0 bridgehead atoms. The Morgan fingerprint density at radius 3 is 2.37 bits per heavy atom. The number of sulfonamides is 1. The second-order valence-electron chi connectivity index (χ2n) is 10.8. The number of carbonyl (C=O) groups is 1. The van der Waals surface area contributed by atoms with Gasteiger partial charge in [-0.25, -0.2) is 18.2 Å². The molecule has 208 valence electrons. The number of carbonyl (C=O) groups excluding carboxylic acids is 1. The summed E-state index contributed by atoms with van der Waals surface area (Å²) >= 11 is 0. The molecule has 2 fully saturated rings. The van der Waals surface area contributed by atoms with Crippen molar-refractivity contribution in [2.45, 2.75) is 77.7 Å². The molecule has 1 aromatic heterocycles. The second kappa shape index (κ2) is 12.8. The van der Waals surface area contributed by atoms with Gasteiger partial charge in [-0.1, -0.05) is 50.3 Å². The van der Waals surface area contributed by atoms with Gasteiger partial charge in [-0.3, -0.25) is 4.72 Å². The molecule has 1 saturated carbocycles. The highest BCUT2D eigenvalue weighted by Crippen LogP contribution is 2.30. The van der Waals surface area contributed by atoms with Crippen LogP contribution in [0.15, 0.2) is 24.3 Å². The topological polar surface area (TPSA) is 114 Å². The quantitative estimate of drug-likeness (QED) is 0.458. The van der Waals surface area contributed by atoms with E-state index >= 15 is 0 Å². The minimum atomic E-state index is -3.59. The first-order chi connectivity index (χ1) is 18.2. The van der Waals surface area contributed by atoms with Crippen LogP contribution in [0.4, 0.5) is 10.7 Å². The summed E-state index contributed by atoms with van der Waals surface area (Å²) in [5.41, 5.74) is 3.53. The number of piperidine rings is 1. The Bertz CT molecular complexity index is 1190. The van der Waals surface area contributed by atoms with E-state index in [0.717, 1.165) is 55.3 Å². The Morgan fingerprint density at radius 2 is 1.71 bits per heavy atom. The van der Waals surface area contributed by atoms with Crippen LogP contribution in [-0.2, 0) is 10.0 Å². The van der Waals surface area contributed by atoms with Crippen molar-refractivity contribution in [3.63, 3.8) is 0 Å². The van der Waals surface area contributed by atoms with Gasteiger partial charge >= 0.3 is 6.03 Å². The van der Waals surface area contributed by atoms with E-state index < -0.39 is 10.0 Å². The molecule has 1 atom stereocenters. The second-order valence-corrected chi connectivity index (χ2v) is 12.5. The van der Waals surface area contributed by atoms with Crippen molar-refractivity contribution in [3.8, 4) is 17.1 Å². The van der Waals surface area contributed by atoms with E-state index in [-0.39, 0.29) is 30.5 Å². The fraction of sp³-hybridized carbons (Fsp3) is 0.607. The molecule has 2 amide bonds. The molecular formula is C28H41N5O4S. The summed E-state index contributed by atoms with van der Waals surface area (Å²) in [5, 5.41) is 3.23. The van der Waals surface area contributed by atoms with Crippen LogP contribution in [0.3, 0.4) is 0 Å². The first kappa shape index (κ1) is 28.1. The normalized spacial score (nSPS) is 17.6. The molecule has 2 N–H and O–H groups in total. The number of hydrogen-bond donors (Lipinski definition) is 2. The first-order valence-electron chi connectivity index (χ1n) is 13.8. The Morgan fingerprint density at radius 1 is 1.05 bits per heavy atom. The number of anilines is 1. The van der Waals surface area contributed by atoms with Gasteiger partial charge in [0, 0.05) is 24.7 Å². The van der Waals surface area contributed by atoms with E-state index in [1.165, 1.54) is 38.5 Å². The van der Waals surface area contributed by atoms with Gasteiger partial charge < -0.3 is 15.0 Å². The average Bonchev–Trinajstić information content (AvgIpc) is 2.87. The molecule has 2 aromatic rings. The Balaban J connectivity index is 1.56.